The summed E-state index contributed by atoms with van der Waals surface area (Å²) in [7, 11) is 0. The van der Waals surface area contributed by atoms with Crippen LogP contribution in [-0.2, 0) is 11.8 Å². The molecule has 0 radical (unpaired) electrons. The summed E-state index contributed by atoms with van der Waals surface area (Å²) in [6.45, 7) is 2.15. The first-order valence-electron chi connectivity index (χ1n) is 11.9. The summed E-state index contributed by atoms with van der Waals surface area (Å²) in [4.78, 5) is 4.26. The summed E-state index contributed by atoms with van der Waals surface area (Å²) in [5, 5.41) is 10.3. The molecular formula is C30H31N3. The Bertz CT molecular complexity index is 1160. The molecular weight excluding hydrogens is 402 g/mol. The number of rotatable bonds is 10. The molecule has 2 unspecified atom stereocenters. The third-order valence-corrected chi connectivity index (χ3v) is 6.51. The molecule has 0 aliphatic heterocycles. The third-order valence-electron chi connectivity index (χ3n) is 6.51. The van der Waals surface area contributed by atoms with Gasteiger partial charge in [0.2, 0.25) is 0 Å². The van der Waals surface area contributed by atoms with Gasteiger partial charge in [-0.15, -0.1) is 0 Å². The first kappa shape index (κ1) is 22.6. The van der Waals surface area contributed by atoms with E-state index < -0.39 is 5.41 Å². The molecule has 3 aromatic carbocycles. The van der Waals surface area contributed by atoms with Crippen LogP contribution in [0.1, 0.15) is 60.9 Å². The van der Waals surface area contributed by atoms with Gasteiger partial charge in [0, 0.05) is 12.4 Å². The second-order valence-electron chi connectivity index (χ2n) is 8.66. The Morgan fingerprint density at radius 2 is 1.67 bits per heavy atom. The van der Waals surface area contributed by atoms with Gasteiger partial charge in [-0.1, -0.05) is 98.3 Å². The lowest BCUT2D eigenvalue weighted by Gasteiger charge is -2.28. The fraction of sp³-hybridized carbons (Fsp3) is 0.267. The normalized spacial score (nSPS) is 13.7. The zero-order valence-corrected chi connectivity index (χ0v) is 19.3. The van der Waals surface area contributed by atoms with Crippen molar-refractivity contribution < 1.29 is 0 Å². The summed E-state index contributed by atoms with van der Waals surface area (Å²) in [6, 6.07) is 32.5. The summed E-state index contributed by atoms with van der Waals surface area (Å²) < 4.78 is 2.20. The SMILES string of the molecule is CCCC(C#N)(c1ccccc1)c1cccc(CCCC(c2ccccc2)n2ccnc2)c1. The lowest BCUT2D eigenvalue weighted by molar-refractivity contribution is 0.518. The standard InChI is InChI=1S/C30H31N3/c1-2-19-30(23-31,27-15-7-4-8-16-27)28-17-9-11-25(22-28)12-10-18-29(33-21-20-32-24-33)26-13-5-3-6-14-26/h3-9,11,13-17,20-22,24,29H,2,10,12,18-19H2,1H3. The van der Waals surface area contributed by atoms with Crippen molar-refractivity contribution in [2.24, 2.45) is 0 Å². The average Bonchev–Trinajstić information content (AvgIpc) is 3.41. The van der Waals surface area contributed by atoms with Gasteiger partial charge in [0.15, 0.2) is 0 Å². The lowest BCUT2D eigenvalue weighted by Crippen LogP contribution is -2.25. The van der Waals surface area contributed by atoms with E-state index in [4.69, 9.17) is 0 Å². The highest BCUT2D eigenvalue weighted by Crippen LogP contribution is 2.37. The van der Waals surface area contributed by atoms with Gasteiger partial charge in [-0.05, 0) is 47.9 Å². The number of aromatic nitrogens is 2. The molecule has 166 valence electrons. The second-order valence-corrected chi connectivity index (χ2v) is 8.66. The van der Waals surface area contributed by atoms with Crippen molar-refractivity contribution in [3.8, 4) is 6.07 Å². The van der Waals surface area contributed by atoms with Crippen molar-refractivity contribution in [2.45, 2.75) is 50.5 Å². The summed E-state index contributed by atoms with van der Waals surface area (Å²) >= 11 is 0. The van der Waals surface area contributed by atoms with Crippen LogP contribution in [0.2, 0.25) is 0 Å². The van der Waals surface area contributed by atoms with E-state index in [9.17, 15) is 5.26 Å². The number of benzene rings is 3. The number of hydrogen-bond acceptors (Lipinski definition) is 2. The van der Waals surface area contributed by atoms with Gasteiger partial charge >= 0.3 is 0 Å². The van der Waals surface area contributed by atoms with Crippen LogP contribution in [0.5, 0.6) is 0 Å². The van der Waals surface area contributed by atoms with E-state index in [0.29, 0.717) is 0 Å². The smallest absolute Gasteiger partial charge is 0.107 e. The minimum atomic E-state index is -0.602. The molecule has 0 aliphatic rings. The monoisotopic (exact) mass is 433 g/mol. The predicted molar refractivity (Wildman–Crippen MR) is 134 cm³/mol. The molecule has 0 saturated heterocycles. The Morgan fingerprint density at radius 1 is 0.939 bits per heavy atom. The average molecular weight is 434 g/mol. The molecule has 0 fully saturated rings. The summed E-state index contributed by atoms with van der Waals surface area (Å²) in [6.07, 6.45) is 10.6. The zero-order valence-electron chi connectivity index (χ0n) is 19.3. The molecule has 3 nitrogen and oxygen atoms in total. The molecule has 0 N–H and O–H groups in total. The van der Waals surface area contributed by atoms with Crippen LogP contribution < -0.4 is 0 Å². The van der Waals surface area contributed by atoms with Crippen molar-refractivity contribution >= 4 is 0 Å². The van der Waals surface area contributed by atoms with E-state index in [1.54, 1.807) is 0 Å². The van der Waals surface area contributed by atoms with Gasteiger partial charge in [-0.3, -0.25) is 0 Å². The van der Waals surface area contributed by atoms with Crippen molar-refractivity contribution in [3.63, 3.8) is 0 Å². The summed E-state index contributed by atoms with van der Waals surface area (Å²) in [5.41, 5.74) is 4.17. The first-order chi connectivity index (χ1) is 16.3. The molecule has 1 heterocycles. The molecule has 4 rings (SSSR count). The van der Waals surface area contributed by atoms with E-state index in [1.165, 1.54) is 11.1 Å². The van der Waals surface area contributed by atoms with E-state index in [1.807, 2.05) is 36.9 Å². The van der Waals surface area contributed by atoms with Crippen LogP contribution >= 0.6 is 0 Å². The van der Waals surface area contributed by atoms with Crippen molar-refractivity contribution in [2.75, 3.05) is 0 Å². The molecule has 4 aromatic rings. The van der Waals surface area contributed by atoms with Crippen LogP contribution in [0, 0.1) is 11.3 Å². The van der Waals surface area contributed by atoms with Crippen molar-refractivity contribution in [3.05, 3.63) is 126 Å². The Kier molecular flexibility index (Phi) is 7.37. The maximum atomic E-state index is 10.3. The van der Waals surface area contributed by atoms with E-state index in [0.717, 1.165) is 43.2 Å². The molecule has 3 heteroatoms. The topological polar surface area (TPSA) is 41.6 Å². The quantitative estimate of drug-likeness (QED) is 0.267. The zero-order chi connectivity index (χ0) is 22.9. The molecule has 1 aromatic heterocycles. The van der Waals surface area contributed by atoms with Crippen molar-refractivity contribution in [1.82, 2.24) is 9.55 Å². The minimum Gasteiger partial charge on any atom is -0.330 e. The second kappa shape index (κ2) is 10.8. The highest BCUT2D eigenvalue weighted by atomic mass is 15.0. The predicted octanol–water partition coefficient (Wildman–Crippen LogP) is 7.11. The Hall–Kier alpha value is -3.64. The van der Waals surface area contributed by atoms with Gasteiger partial charge in [-0.2, -0.15) is 5.26 Å². The van der Waals surface area contributed by atoms with Crippen LogP contribution in [0.25, 0.3) is 0 Å². The van der Waals surface area contributed by atoms with Crippen molar-refractivity contribution in [1.29, 1.82) is 5.26 Å². The minimum absolute atomic E-state index is 0.277. The van der Waals surface area contributed by atoms with Gasteiger partial charge in [0.25, 0.3) is 0 Å². The highest BCUT2D eigenvalue weighted by molar-refractivity contribution is 5.47. The number of hydrogen-bond donors (Lipinski definition) is 0. The van der Waals surface area contributed by atoms with E-state index in [-0.39, 0.29) is 6.04 Å². The molecule has 33 heavy (non-hydrogen) atoms. The molecule has 0 bridgehead atoms. The largest absolute Gasteiger partial charge is 0.330 e. The van der Waals surface area contributed by atoms with Gasteiger partial charge in [0.1, 0.15) is 5.41 Å². The molecule has 0 aliphatic carbocycles. The number of nitrogens with zero attached hydrogens (tertiary/aromatic N) is 3. The van der Waals surface area contributed by atoms with Gasteiger partial charge in [0.05, 0.1) is 18.4 Å². The van der Waals surface area contributed by atoms with Crippen LogP contribution in [0.3, 0.4) is 0 Å². The fourth-order valence-corrected chi connectivity index (χ4v) is 4.85. The Balaban J connectivity index is 1.54. The third kappa shape index (κ3) is 5.07. The van der Waals surface area contributed by atoms with E-state index >= 15 is 0 Å². The van der Waals surface area contributed by atoms with Gasteiger partial charge < -0.3 is 4.57 Å². The molecule has 0 amide bonds. The molecule has 0 saturated carbocycles. The maximum absolute atomic E-state index is 10.3. The van der Waals surface area contributed by atoms with Crippen LogP contribution in [-0.4, -0.2) is 9.55 Å². The number of nitriles is 1. The van der Waals surface area contributed by atoms with Crippen LogP contribution in [0.15, 0.2) is 104 Å². The maximum Gasteiger partial charge on any atom is 0.107 e. The Labute approximate surface area is 197 Å². The molecule has 0 spiro atoms. The number of imidazole rings is 1. The lowest BCUT2D eigenvalue weighted by atomic mass is 9.72. The van der Waals surface area contributed by atoms with E-state index in [2.05, 4.69) is 89.3 Å². The number of aryl methyl sites for hydroxylation is 1. The van der Waals surface area contributed by atoms with Crippen LogP contribution in [0.4, 0.5) is 0 Å². The fourth-order valence-electron chi connectivity index (χ4n) is 4.85. The first-order valence-corrected chi connectivity index (χ1v) is 11.9. The Morgan fingerprint density at radius 3 is 2.33 bits per heavy atom. The van der Waals surface area contributed by atoms with Gasteiger partial charge in [-0.25, -0.2) is 4.98 Å². The highest BCUT2D eigenvalue weighted by Gasteiger charge is 2.33. The summed E-state index contributed by atoms with van der Waals surface area (Å²) in [5.74, 6) is 0. The molecule has 2 atom stereocenters.